The van der Waals surface area contributed by atoms with Crippen molar-refractivity contribution in [1.82, 2.24) is 9.97 Å². The Balaban J connectivity index is 2.16. The first-order chi connectivity index (χ1) is 8.59. The van der Waals surface area contributed by atoms with Gasteiger partial charge in [0, 0.05) is 6.04 Å². The topological polar surface area (TPSA) is 57.8 Å². The van der Waals surface area contributed by atoms with Crippen LogP contribution in [0.15, 0.2) is 11.1 Å². The predicted octanol–water partition coefficient (Wildman–Crippen LogP) is 3.00. The molecule has 0 spiro atoms. The van der Waals surface area contributed by atoms with Gasteiger partial charge in [-0.2, -0.15) is 0 Å². The quantitative estimate of drug-likeness (QED) is 0.814. The summed E-state index contributed by atoms with van der Waals surface area (Å²) < 4.78 is 0.656. The van der Waals surface area contributed by atoms with E-state index in [1.54, 1.807) is 0 Å². The fourth-order valence-corrected chi connectivity index (χ4v) is 3.25. The molecule has 0 aromatic carbocycles. The van der Waals surface area contributed by atoms with Gasteiger partial charge >= 0.3 is 0 Å². The standard InChI is InChI=1S/C13H20IN3O/c1-8(2)9-5-3-4-6-10(9)17-12-11(14)13(18)16-7-15-12/h7-10H,3-6H2,1-2H3,(H2,15,16,17,18). The highest BCUT2D eigenvalue weighted by molar-refractivity contribution is 14.1. The van der Waals surface area contributed by atoms with Crippen LogP contribution in [0.5, 0.6) is 0 Å². The zero-order valence-corrected chi connectivity index (χ0v) is 13.0. The van der Waals surface area contributed by atoms with Crippen LogP contribution < -0.4 is 10.9 Å². The molecule has 2 atom stereocenters. The Morgan fingerprint density at radius 2 is 2.17 bits per heavy atom. The van der Waals surface area contributed by atoms with Crippen LogP contribution in [-0.2, 0) is 0 Å². The summed E-state index contributed by atoms with van der Waals surface area (Å²) in [5, 5.41) is 3.48. The van der Waals surface area contributed by atoms with E-state index >= 15 is 0 Å². The number of aromatic nitrogens is 2. The largest absolute Gasteiger partial charge is 0.366 e. The van der Waals surface area contributed by atoms with Crippen LogP contribution in [0.2, 0.25) is 0 Å². The van der Waals surface area contributed by atoms with Crippen LogP contribution in [0, 0.1) is 15.4 Å². The lowest BCUT2D eigenvalue weighted by Gasteiger charge is -2.35. The summed E-state index contributed by atoms with van der Waals surface area (Å²) in [7, 11) is 0. The predicted molar refractivity (Wildman–Crippen MR) is 81.8 cm³/mol. The number of H-pyrrole nitrogens is 1. The minimum Gasteiger partial charge on any atom is -0.366 e. The number of anilines is 1. The Labute approximate surface area is 121 Å². The minimum absolute atomic E-state index is 0.0648. The first kappa shape index (κ1) is 13.8. The smallest absolute Gasteiger partial charge is 0.266 e. The first-order valence-corrected chi connectivity index (χ1v) is 7.67. The van der Waals surface area contributed by atoms with E-state index in [0.29, 0.717) is 21.4 Å². The van der Waals surface area contributed by atoms with Gasteiger partial charge in [0.25, 0.3) is 5.56 Å². The minimum atomic E-state index is -0.0648. The van der Waals surface area contributed by atoms with Crippen molar-refractivity contribution < 1.29 is 0 Å². The number of halogens is 1. The molecular formula is C13H20IN3O. The molecule has 1 fully saturated rings. The molecule has 0 amide bonds. The second-order valence-electron chi connectivity index (χ2n) is 5.34. The summed E-state index contributed by atoms with van der Waals surface area (Å²) >= 11 is 2.06. The maximum Gasteiger partial charge on any atom is 0.266 e. The SMILES string of the molecule is CC(C)C1CCCCC1Nc1nc[nH]c(=O)c1I. The van der Waals surface area contributed by atoms with E-state index in [9.17, 15) is 4.79 Å². The van der Waals surface area contributed by atoms with Gasteiger partial charge in [-0.05, 0) is 47.3 Å². The van der Waals surface area contributed by atoms with E-state index in [4.69, 9.17) is 0 Å². The second kappa shape index (κ2) is 6.04. The molecule has 100 valence electrons. The van der Waals surface area contributed by atoms with E-state index < -0.39 is 0 Å². The lowest BCUT2D eigenvalue weighted by Crippen LogP contribution is -2.36. The van der Waals surface area contributed by atoms with Crippen LogP contribution >= 0.6 is 22.6 Å². The highest BCUT2D eigenvalue weighted by Crippen LogP contribution is 2.32. The van der Waals surface area contributed by atoms with Crippen molar-refractivity contribution >= 4 is 28.4 Å². The highest BCUT2D eigenvalue weighted by atomic mass is 127. The van der Waals surface area contributed by atoms with Crippen molar-refractivity contribution in [2.75, 3.05) is 5.32 Å². The number of hydrogen-bond acceptors (Lipinski definition) is 3. The third kappa shape index (κ3) is 3.05. The molecule has 0 bridgehead atoms. The van der Waals surface area contributed by atoms with E-state index in [0.717, 1.165) is 5.82 Å². The molecule has 1 aromatic rings. The molecule has 18 heavy (non-hydrogen) atoms. The van der Waals surface area contributed by atoms with Gasteiger partial charge in [0.15, 0.2) is 0 Å². The Morgan fingerprint density at radius 1 is 1.44 bits per heavy atom. The fraction of sp³-hybridized carbons (Fsp3) is 0.692. The monoisotopic (exact) mass is 361 g/mol. The molecule has 2 rings (SSSR count). The zero-order valence-electron chi connectivity index (χ0n) is 10.9. The number of hydrogen-bond donors (Lipinski definition) is 2. The molecular weight excluding hydrogens is 341 g/mol. The van der Waals surface area contributed by atoms with Gasteiger partial charge in [-0.15, -0.1) is 0 Å². The van der Waals surface area contributed by atoms with E-state index in [-0.39, 0.29) is 5.56 Å². The average molecular weight is 361 g/mol. The normalized spacial score (nSPS) is 24.2. The Hall–Kier alpha value is -0.590. The molecule has 0 saturated heterocycles. The first-order valence-electron chi connectivity index (χ1n) is 6.59. The number of nitrogens with one attached hydrogen (secondary N) is 2. The summed E-state index contributed by atoms with van der Waals surface area (Å²) in [6.07, 6.45) is 6.50. The van der Waals surface area contributed by atoms with Gasteiger partial charge in [-0.25, -0.2) is 4.98 Å². The average Bonchev–Trinajstić information content (AvgIpc) is 2.35. The van der Waals surface area contributed by atoms with Crippen LogP contribution in [0.1, 0.15) is 39.5 Å². The van der Waals surface area contributed by atoms with Gasteiger partial charge in [-0.1, -0.05) is 26.7 Å². The van der Waals surface area contributed by atoms with Crippen molar-refractivity contribution in [1.29, 1.82) is 0 Å². The molecule has 5 heteroatoms. The lowest BCUT2D eigenvalue weighted by atomic mass is 9.78. The molecule has 2 unspecified atom stereocenters. The Bertz CT molecular complexity index is 458. The van der Waals surface area contributed by atoms with Crippen molar-refractivity contribution in [3.8, 4) is 0 Å². The molecule has 2 N–H and O–H groups in total. The summed E-state index contributed by atoms with van der Waals surface area (Å²) in [5.74, 6) is 2.08. The Morgan fingerprint density at radius 3 is 2.89 bits per heavy atom. The second-order valence-corrected chi connectivity index (χ2v) is 6.42. The number of rotatable bonds is 3. The third-order valence-corrected chi connectivity index (χ3v) is 4.80. The number of nitrogens with zero attached hydrogens (tertiary/aromatic N) is 1. The van der Waals surface area contributed by atoms with Gasteiger partial charge < -0.3 is 10.3 Å². The van der Waals surface area contributed by atoms with Crippen LogP contribution in [-0.4, -0.2) is 16.0 Å². The van der Waals surface area contributed by atoms with Gasteiger partial charge in [0.05, 0.1) is 6.33 Å². The highest BCUT2D eigenvalue weighted by Gasteiger charge is 2.28. The van der Waals surface area contributed by atoms with Crippen molar-refractivity contribution in [2.24, 2.45) is 11.8 Å². The summed E-state index contributed by atoms with van der Waals surface area (Å²) in [5.41, 5.74) is -0.0648. The van der Waals surface area contributed by atoms with Crippen LogP contribution in [0.4, 0.5) is 5.82 Å². The molecule has 0 aliphatic heterocycles. The molecule has 1 aliphatic rings. The molecule has 1 heterocycles. The summed E-state index contributed by atoms with van der Waals surface area (Å²) in [4.78, 5) is 18.4. The van der Waals surface area contributed by atoms with Crippen molar-refractivity contribution in [3.63, 3.8) is 0 Å². The zero-order chi connectivity index (χ0) is 13.1. The van der Waals surface area contributed by atoms with E-state index in [1.807, 2.05) is 0 Å². The number of aromatic amines is 1. The van der Waals surface area contributed by atoms with Gasteiger partial charge in [0.2, 0.25) is 0 Å². The van der Waals surface area contributed by atoms with E-state index in [2.05, 4.69) is 51.7 Å². The van der Waals surface area contributed by atoms with Crippen LogP contribution in [0.25, 0.3) is 0 Å². The van der Waals surface area contributed by atoms with Gasteiger partial charge in [0.1, 0.15) is 9.39 Å². The molecule has 1 aromatic heterocycles. The van der Waals surface area contributed by atoms with Crippen molar-refractivity contribution in [3.05, 3.63) is 20.3 Å². The fourth-order valence-electron chi connectivity index (χ4n) is 2.80. The molecule has 4 nitrogen and oxygen atoms in total. The molecule has 1 saturated carbocycles. The summed E-state index contributed by atoms with van der Waals surface area (Å²) in [6.45, 7) is 4.56. The molecule has 0 radical (unpaired) electrons. The Kier molecular flexibility index (Phi) is 4.64. The van der Waals surface area contributed by atoms with Crippen LogP contribution in [0.3, 0.4) is 0 Å². The third-order valence-electron chi connectivity index (χ3n) is 3.79. The maximum absolute atomic E-state index is 11.6. The van der Waals surface area contributed by atoms with Gasteiger partial charge in [-0.3, -0.25) is 4.79 Å². The lowest BCUT2D eigenvalue weighted by molar-refractivity contribution is 0.253. The molecule has 1 aliphatic carbocycles. The van der Waals surface area contributed by atoms with Crippen molar-refractivity contribution in [2.45, 2.75) is 45.6 Å². The summed E-state index contributed by atoms with van der Waals surface area (Å²) in [6, 6.07) is 0.446. The van der Waals surface area contributed by atoms with E-state index in [1.165, 1.54) is 32.0 Å². The maximum atomic E-state index is 11.6.